The number of aromatic amines is 1. The van der Waals surface area contributed by atoms with Crippen LogP contribution in [0.5, 0.6) is 0 Å². The zero-order valence-corrected chi connectivity index (χ0v) is 47.0. The standard InChI is InChI=1S/C58H90N12O10/c1-4-5-6-7-11-16-41(71)34-52(74)65-44(19-24-59)50(72)32-38-23-28-63-55(77)49(31-40-35-64-43-18-13-12-17-42(40)43)70-57(79)47(22-27-62)67-56(78)46(21-26-61)68-58(80)48(29-36(2)3)69-54(76)39(30-37-14-9-8-10-15-37)33-51(73)45(20-25-60)66-53(38)75/h8-10,12-15,17-18,35-36,38-39,41,44-49,64,71H,4-7,11,16,19-34,59-62H2,1-3H3,(H,63,77)(H,65,74)(H,66,75)(H,67,78)(H,68,80)(H,69,76)(H,70,79)/t38-,39+,41-,44-,45+,46+,47+,48+,49+/m1/s1. The first-order valence-corrected chi connectivity index (χ1v) is 28.6. The van der Waals surface area contributed by atoms with Gasteiger partial charge in [0.2, 0.25) is 41.4 Å². The van der Waals surface area contributed by atoms with Crippen molar-refractivity contribution in [1.29, 1.82) is 0 Å². The fraction of sp³-hybridized carbons (Fsp3) is 0.603. The fourth-order valence-corrected chi connectivity index (χ4v) is 9.96. The largest absolute Gasteiger partial charge is 0.393 e. The third kappa shape index (κ3) is 22.2. The normalized spacial score (nSPS) is 22.3. The van der Waals surface area contributed by atoms with Gasteiger partial charge in [-0.15, -0.1) is 0 Å². The van der Waals surface area contributed by atoms with E-state index in [-0.39, 0.29) is 96.4 Å². The number of aromatic nitrogens is 1. The molecule has 0 spiro atoms. The van der Waals surface area contributed by atoms with Gasteiger partial charge in [-0.05, 0) is 101 Å². The zero-order chi connectivity index (χ0) is 58.6. The molecule has 2 aromatic carbocycles. The number of ketones is 2. The van der Waals surface area contributed by atoms with Crippen LogP contribution in [-0.4, -0.2) is 138 Å². The summed E-state index contributed by atoms with van der Waals surface area (Å²) in [5.41, 5.74) is 26.1. The lowest BCUT2D eigenvalue weighted by molar-refractivity contribution is -0.136. The van der Waals surface area contributed by atoms with Crippen molar-refractivity contribution in [2.24, 2.45) is 40.7 Å². The number of rotatable bonds is 26. The van der Waals surface area contributed by atoms with Gasteiger partial charge in [-0.2, -0.15) is 0 Å². The van der Waals surface area contributed by atoms with E-state index in [9.17, 15) is 48.3 Å². The summed E-state index contributed by atoms with van der Waals surface area (Å²) in [4.78, 5) is 132. The van der Waals surface area contributed by atoms with E-state index < -0.39 is 120 Å². The molecule has 442 valence electrons. The number of carbonyl (C=O) groups is 9. The zero-order valence-electron chi connectivity index (χ0n) is 47.0. The van der Waals surface area contributed by atoms with E-state index in [0.29, 0.717) is 17.5 Å². The molecule has 1 fully saturated rings. The van der Waals surface area contributed by atoms with Crippen LogP contribution in [-0.2, 0) is 56.0 Å². The predicted octanol–water partition coefficient (Wildman–Crippen LogP) is 1.09. The van der Waals surface area contributed by atoms with E-state index in [1.807, 2.05) is 38.1 Å². The predicted molar refractivity (Wildman–Crippen MR) is 306 cm³/mol. The van der Waals surface area contributed by atoms with Crippen LogP contribution in [0.25, 0.3) is 10.9 Å². The molecule has 7 amide bonds. The Morgan fingerprint density at radius 3 is 1.85 bits per heavy atom. The van der Waals surface area contributed by atoms with Crippen LogP contribution in [0.3, 0.4) is 0 Å². The number of carbonyl (C=O) groups excluding carboxylic acids is 9. The van der Waals surface area contributed by atoms with Crippen molar-refractivity contribution in [3.05, 3.63) is 71.9 Å². The summed E-state index contributed by atoms with van der Waals surface area (Å²) in [5.74, 6) is -8.45. The highest BCUT2D eigenvalue weighted by Crippen LogP contribution is 2.22. The third-order valence-corrected chi connectivity index (χ3v) is 14.4. The number of fused-ring (bicyclic) bond motifs is 1. The van der Waals surface area contributed by atoms with Crippen LogP contribution in [0.1, 0.15) is 128 Å². The van der Waals surface area contributed by atoms with E-state index >= 15 is 0 Å². The molecule has 1 aliphatic rings. The summed E-state index contributed by atoms with van der Waals surface area (Å²) in [6.45, 7) is 5.38. The summed E-state index contributed by atoms with van der Waals surface area (Å²) in [6, 6.07) is 8.85. The van der Waals surface area contributed by atoms with Gasteiger partial charge in [0, 0.05) is 54.7 Å². The fourth-order valence-electron chi connectivity index (χ4n) is 9.96. The topological polar surface area (TPSA) is 378 Å². The molecule has 22 heteroatoms. The Balaban J connectivity index is 1.77. The lowest BCUT2D eigenvalue weighted by Gasteiger charge is -2.28. The van der Waals surface area contributed by atoms with Crippen LogP contribution in [0.2, 0.25) is 0 Å². The molecule has 0 aliphatic carbocycles. The molecular formula is C58H90N12O10. The highest BCUT2D eigenvalue weighted by atomic mass is 16.3. The Bertz CT molecular complexity index is 2470. The van der Waals surface area contributed by atoms with Crippen LogP contribution in [0.15, 0.2) is 60.8 Å². The number of nitrogens with one attached hydrogen (secondary N) is 8. The summed E-state index contributed by atoms with van der Waals surface area (Å²) in [5, 5.41) is 30.8. The van der Waals surface area contributed by atoms with Gasteiger partial charge in [-0.1, -0.05) is 101 Å². The molecular weight excluding hydrogens is 1020 g/mol. The second-order valence-electron chi connectivity index (χ2n) is 21.5. The number of unbranched alkanes of at least 4 members (excludes halogenated alkanes) is 4. The number of amides is 7. The molecule has 80 heavy (non-hydrogen) atoms. The van der Waals surface area contributed by atoms with Gasteiger partial charge >= 0.3 is 0 Å². The Hall–Kier alpha value is -6.59. The molecule has 1 aromatic heterocycles. The molecule has 9 atom stereocenters. The van der Waals surface area contributed by atoms with Crippen molar-refractivity contribution in [3.8, 4) is 0 Å². The van der Waals surface area contributed by atoms with Gasteiger partial charge in [0.15, 0.2) is 11.6 Å². The lowest BCUT2D eigenvalue weighted by Crippen LogP contribution is -2.59. The minimum absolute atomic E-state index is 0.00901. The Morgan fingerprint density at radius 2 is 1.21 bits per heavy atom. The highest BCUT2D eigenvalue weighted by Gasteiger charge is 2.36. The smallest absolute Gasteiger partial charge is 0.243 e. The van der Waals surface area contributed by atoms with Gasteiger partial charge in [-0.25, -0.2) is 0 Å². The number of para-hydroxylation sites is 1. The molecule has 0 radical (unpaired) electrons. The molecule has 2 heterocycles. The van der Waals surface area contributed by atoms with Crippen molar-refractivity contribution < 1.29 is 48.3 Å². The van der Waals surface area contributed by atoms with E-state index in [2.05, 4.69) is 49.1 Å². The van der Waals surface area contributed by atoms with E-state index in [1.54, 1.807) is 36.5 Å². The van der Waals surface area contributed by atoms with Crippen molar-refractivity contribution in [2.45, 2.75) is 172 Å². The molecule has 0 saturated carbocycles. The highest BCUT2D eigenvalue weighted by molar-refractivity contribution is 5.98. The Kier molecular flexibility index (Phi) is 29.0. The quantitative estimate of drug-likeness (QED) is 0.0501. The summed E-state index contributed by atoms with van der Waals surface area (Å²) in [7, 11) is 0. The Labute approximate surface area is 470 Å². The van der Waals surface area contributed by atoms with Gasteiger partial charge in [-0.3, -0.25) is 43.2 Å². The molecule has 0 bridgehead atoms. The van der Waals surface area contributed by atoms with Gasteiger partial charge in [0.25, 0.3) is 0 Å². The summed E-state index contributed by atoms with van der Waals surface area (Å²) in [6.07, 6.45) is 4.64. The molecule has 4 rings (SSSR count). The number of nitrogens with two attached hydrogens (primary N) is 4. The van der Waals surface area contributed by atoms with Crippen LogP contribution in [0, 0.1) is 17.8 Å². The molecule has 3 aromatic rings. The SMILES string of the molecule is CCCCCCC[C@@H](O)CC(=O)N[C@H](CCN)C(=O)C[C@H]1CCNC(=O)[C@H](Cc2c[nH]c3ccccc23)NC(=O)[C@H](CCN)NC(=O)[C@H](CCN)NC(=O)[C@H](CC(C)C)NC(=O)[C@@H](Cc2ccccc2)CC(=O)[C@H](CCN)NC1=O. The van der Waals surface area contributed by atoms with Gasteiger partial charge in [0.1, 0.15) is 24.2 Å². The first-order valence-electron chi connectivity index (χ1n) is 28.6. The first-order chi connectivity index (χ1) is 38.4. The van der Waals surface area contributed by atoms with Crippen molar-refractivity contribution in [3.63, 3.8) is 0 Å². The Morgan fingerprint density at radius 1 is 0.637 bits per heavy atom. The van der Waals surface area contributed by atoms with Gasteiger partial charge in [0.05, 0.1) is 24.6 Å². The number of benzene rings is 2. The van der Waals surface area contributed by atoms with E-state index in [0.717, 1.165) is 43.0 Å². The van der Waals surface area contributed by atoms with Crippen LogP contribution >= 0.6 is 0 Å². The van der Waals surface area contributed by atoms with Crippen LogP contribution in [0.4, 0.5) is 0 Å². The first kappa shape index (κ1) is 65.9. The third-order valence-electron chi connectivity index (χ3n) is 14.4. The molecule has 1 aliphatic heterocycles. The van der Waals surface area contributed by atoms with Crippen molar-refractivity contribution in [2.75, 3.05) is 32.7 Å². The van der Waals surface area contributed by atoms with Crippen molar-refractivity contribution in [1.82, 2.24) is 42.2 Å². The number of aliphatic hydroxyl groups excluding tert-OH is 1. The number of Topliss-reactive ketones (excluding diaryl/α,β-unsaturated/α-hetero) is 2. The minimum Gasteiger partial charge on any atom is -0.393 e. The van der Waals surface area contributed by atoms with E-state index in [1.165, 1.54) is 0 Å². The van der Waals surface area contributed by atoms with Gasteiger partial charge < -0.3 is 70.2 Å². The number of hydrogen-bond acceptors (Lipinski definition) is 14. The van der Waals surface area contributed by atoms with E-state index in [4.69, 9.17) is 22.9 Å². The summed E-state index contributed by atoms with van der Waals surface area (Å²) >= 11 is 0. The molecule has 22 nitrogen and oxygen atoms in total. The second kappa shape index (κ2) is 35.2. The molecule has 17 N–H and O–H groups in total. The maximum Gasteiger partial charge on any atom is 0.243 e. The van der Waals surface area contributed by atoms with Crippen LogP contribution < -0.4 is 60.2 Å². The summed E-state index contributed by atoms with van der Waals surface area (Å²) < 4.78 is 0. The monoisotopic (exact) mass is 1110 g/mol. The second-order valence-corrected chi connectivity index (χ2v) is 21.5. The molecule has 0 unspecified atom stereocenters. The maximum absolute atomic E-state index is 14.7. The maximum atomic E-state index is 14.7. The number of aliphatic hydroxyl groups is 1. The average molecular weight is 1120 g/mol. The number of hydrogen-bond donors (Lipinski definition) is 13. The lowest BCUT2D eigenvalue weighted by atomic mass is 9.89. The number of H-pyrrole nitrogens is 1. The minimum atomic E-state index is -1.30. The average Bonchev–Trinajstić information content (AvgIpc) is 3.84. The molecule has 1 saturated heterocycles. The van der Waals surface area contributed by atoms with Crippen molar-refractivity contribution >= 4 is 63.8 Å².